The van der Waals surface area contributed by atoms with Gasteiger partial charge in [-0.2, -0.15) is 8.42 Å². The van der Waals surface area contributed by atoms with E-state index in [1.54, 1.807) is 0 Å². The van der Waals surface area contributed by atoms with Gasteiger partial charge in [0.15, 0.2) is 0 Å². The Balaban J connectivity index is 3.92. The second kappa shape index (κ2) is 3.49. The van der Waals surface area contributed by atoms with Crippen LogP contribution >= 0.6 is 0 Å². The molecule has 0 aliphatic heterocycles. The van der Waals surface area contributed by atoms with E-state index in [9.17, 15) is 13.2 Å². The van der Waals surface area contributed by atoms with Crippen LogP contribution < -0.4 is 0 Å². The molecule has 0 unspecified atom stereocenters. The lowest BCUT2D eigenvalue weighted by atomic mass is 10.4. The molecular formula is C5H8O5S. The van der Waals surface area contributed by atoms with Gasteiger partial charge in [-0.1, -0.05) is 10.9 Å². The minimum Gasteiger partial charge on any atom is -0.276 e. The van der Waals surface area contributed by atoms with Gasteiger partial charge in [-0.05, 0) is 6.92 Å². The number of carbonyl (C=O) groups is 1. The lowest BCUT2D eigenvalue weighted by Gasteiger charge is -1.98. The number of rotatable bonds is 3. The fourth-order valence-electron chi connectivity index (χ4n) is 0.164. The average Bonchev–Trinajstić information content (AvgIpc) is 1.80. The quantitative estimate of drug-likeness (QED) is 0.347. The monoisotopic (exact) mass is 180 g/mol. The fraction of sp³-hybridized carbons (Fsp3) is 0.400. The van der Waals surface area contributed by atoms with Gasteiger partial charge in [0, 0.05) is 5.57 Å². The van der Waals surface area contributed by atoms with Crippen molar-refractivity contribution in [2.45, 2.75) is 6.92 Å². The highest BCUT2D eigenvalue weighted by Crippen LogP contribution is 1.95. The number of carbonyl (C=O) groups excluding carboxylic acids is 1. The molecule has 0 spiro atoms. The van der Waals surface area contributed by atoms with E-state index < -0.39 is 16.1 Å². The Morgan fingerprint density at radius 1 is 1.45 bits per heavy atom. The molecule has 0 fully saturated rings. The van der Waals surface area contributed by atoms with E-state index in [-0.39, 0.29) is 5.57 Å². The highest BCUT2D eigenvalue weighted by Gasteiger charge is 2.09. The molecule has 0 amide bonds. The molecule has 0 aromatic heterocycles. The van der Waals surface area contributed by atoms with Crippen molar-refractivity contribution in [3.05, 3.63) is 12.2 Å². The van der Waals surface area contributed by atoms with E-state index in [1.165, 1.54) is 6.92 Å². The van der Waals surface area contributed by atoms with Gasteiger partial charge >= 0.3 is 5.97 Å². The Hall–Kier alpha value is -0.880. The highest BCUT2D eigenvalue weighted by atomic mass is 32.2. The van der Waals surface area contributed by atoms with Crippen molar-refractivity contribution >= 4 is 16.1 Å². The van der Waals surface area contributed by atoms with E-state index in [0.29, 0.717) is 0 Å². The van der Waals surface area contributed by atoms with Crippen LogP contribution in [0.1, 0.15) is 6.92 Å². The summed E-state index contributed by atoms with van der Waals surface area (Å²) in [7, 11) is -3.74. The van der Waals surface area contributed by atoms with E-state index in [1.807, 2.05) is 0 Å². The Labute approximate surface area is 64.7 Å². The molecule has 0 N–H and O–H groups in total. The van der Waals surface area contributed by atoms with E-state index in [0.717, 1.165) is 6.26 Å². The SMILES string of the molecule is C=C(C)C(=O)OOS(C)(=O)=O. The van der Waals surface area contributed by atoms with Crippen LogP contribution in [0.3, 0.4) is 0 Å². The lowest BCUT2D eigenvalue weighted by Crippen LogP contribution is -2.10. The predicted molar refractivity (Wildman–Crippen MR) is 36.8 cm³/mol. The van der Waals surface area contributed by atoms with Gasteiger partial charge in [-0.25, -0.2) is 4.79 Å². The standard InChI is InChI=1S/C5H8O5S/c1-4(2)5(6)9-10-11(3,7)8/h1H2,2-3H3. The first kappa shape index (κ1) is 10.1. The number of hydrogen-bond donors (Lipinski definition) is 0. The van der Waals surface area contributed by atoms with E-state index in [2.05, 4.69) is 15.8 Å². The topological polar surface area (TPSA) is 69.7 Å². The van der Waals surface area contributed by atoms with Crippen LogP contribution in [0.4, 0.5) is 0 Å². The van der Waals surface area contributed by atoms with Crippen LogP contribution in [0.15, 0.2) is 12.2 Å². The molecule has 0 heterocycles. The molecule has 5 nitrogen and oxygen atoms in total. The summed E-state index contributed by atoms with van der Waals surface area (Å²) >= 11 is 0. The molecule has 0 bridgehead atoms. The zero-order chi connectivity index (χ0) is 9.07. The summed E-state index contributed by atoms with van der Waals surface area (Å²) in [5.74, 6) is -0.907. The third kappa shape index (κ3) is 5.56. The van der Waals surface area contributed by atoms with Crippen molar-refractivity contribution in [3.8, 4) is 0 Å². The molecule has 0 aliphatic carbocycles. The van der Waals surface area contributed by atoms with Crippen molar-refractivity contribution in [1.82, 2.24) is 0 Å². The lowest BCUT2D eigenvalue weighted by molar-refractivity contribution is -0.205. The molecule has 0 rings (SSSR count). The van der Waals surface area contributed by atoms with Gasteiger partial charge in [0.1, 0.15) is 0 Å². The van der Waals surface area contributed by atoms with Crippen molar-refractivity contribution in [3.63, 3.8) is 0 Å². The third-order valence-corrected chi connectivity index (χ3v) is 0.897. The van der Waals surface area contributed by atoms with Gasteiger partial charge in [-0.3, -0.25) is 4.89 Å². The van der Waals surface area contributed by atoms with Crippen LogP contribution in [0, 0.1) is 0 Å². The Morgan fingerprint density at radius 3 is 2.18 bits per heavy atom. The summed E-state index contributed by atoms with van der Waals surface area (Å²) in [4.78, 5) is 14.3. The van der Waals surface area contributed by atoms with Crippen molar-refractivity contribution in [2.75, 3.05) is 6.26 Å². The Morgan fingerprint density at radius 2 is 1.91 bits per heavy atom. The first-order chi connectivity index (χ1) is 4.83. The minimum absolute atomic E-state index is 0.0636. The second-order valence-corrected chi connectivity index (χ2v) is 3.47. The maximum Gasteiger partial charge on any atom is 0.369 e. The summed E-state index contributed by atoms with van der Waals surface area (Å²) in [6.07, 6.45) is 0.763. The molecule has 0 saturated carbocycles. The van der Waals surface area contributed by atoms with Gasteiger partial charge in [0.05, 0.1) is 6.26 Å². The fourth-order valence-corrected chi connectivity index (χ4v) is 0.349. The molecule has 64 valence electrons. The van der Waals surface area contributed by atoms with Gasteiger partial charge < -0.3 is 0 Å². The molecule has 0 aliphatic rings. The average molecular weight is 180 g/mol. The van der Waals surface area contributed by atoms with Crippen LogP contribution in [0.2, 0.25) is 0 Å². The van der Waals surface area contributed by atoms with Crippen LogP contribution in [0.25, 0.3) is 0 Å². The van der Waals surface area contributed by atoms with Crippen LogP contribution in [0.5, 0.6) is 0 Å². The second-order valence-electron chi connectivity index (χ2n) is 1.92. The molecule has 0 aromatic carbocycles. The van der Waals surface area contributed by atoms with Crippen molar-refractivity contribution < 1.29 is 22.4 Å². The van der Waals surface area contributed by atoms with Gasteiger partial charge in [0.2, 0.25) is 0 Å². The third-order valence-electron chi connectivity index (χ3n) is 0.582. The van der Waals surface area contributed by atoms with Gasteiger partial charge in [-0.15, -0.1) is 0 Å². The molecule has 11 heavy (non-hydrogen) atoms. The molecule has 0 radical (unpaired) electrons. The first-order valence-electron chi connectivity index (χ1n) is 2.59. The maximum atomic E-state index is 10.5. The zero-order valence-corrected chi connectivity index (χ0v) is 6.97. The normalized spacial score (nSPS) is 10.7. The summed E-state index contributed by atoms with van der Waals surface area (Å²) in [6, 6.07) is 0. The zero-order valence-electron chi connectivity index (χ0n) is 6.16. The van der Waals surface area contributed by atoms with E-state index in [4.69, 9.17) is 0 Å². The molecular weight excluding hydrogens is 172 g/mol. The summed E-state index contributed by atoms with van der Waals surface area (Å²) in [5, 5.41) is 0. The molecule has 6 heteroatoms. The summed E-state index contributed by atoms with van der Waals surface area (Å²) in [6.45, 7) is 4.58. The van der Waals surface area contributed by atoms with Crippen molar-refractivity contribution in [2.24, 2.45) is 0 Å². The van der Waals surface area contributed by atoms with Crippen molar-refractivity contribution in [1.29, 1.82) is 0 Å². The molecule has 0 aromatic rings. The minimum atomic E-state index is -3.74. The Bertz CT molecular complexity index is 263. The highest BCUT2D eigenvalue weighted by molar-refractivity contribution is 7.85. The number of hydrogen-bond acceptors (Lipinski definition) is 5. The smallest absolute Gasteiger partial charge is 0.276 e. The maximum absolute atomic E-state index is 10.5. The molecule has 0 saturated heterocycles. The summed E-state index contributed by atoms with van der Waals surface area (Å²) in [5.41, 5.74) is 0.0636. The first-order valence-corrected chi connectivity index (χ1v) is 4.40. The van der Waals surface area contributed by atoms with Gasteiger partial charge in [0.25, 0.3) is 10.1 Å². The van der Waals surface area contributed by atoms with Crippen LogP contribution in [-0.2, 0) is 24.1 Å². The molecule has 0 atom stereocenters. The predicted octanol–water partition coefficient (Wildman–Crippen LogP) is -0.00310. The summed E-state index contributed by atoms with van der Waals surface area (Å²) < 4.78 is 24.2. The Kier molecular flexibility index (Phi) is 3.21. The van der Waals surface area contributed by atoms with Crippen LogP contribution in [-0.4, -0.2) is 20.6 Å². The largest absolute Gasteiger partial charge is 0.369 e. The van der Waals surface area contributed by atoms with E-state index >= 15 is 0 Å².